The number of ether oxygens (including phenoxy) is 1. The van der Waals surface area contributed by atoms with Crippen molar-refractivity contribution in [2.75, 3.05) is 5.32 Å². The molecule has 1 heterocycles. The normalized spacial score (nSPS) is 11.5. The fourth-order valence-corrected chi connectivity index (χ4v) is 1.93. The zero-order chi connectivity index (χ0) is 14.8. The van der Waals surface area contributed by atoms with Crippen LogP contribution in [-0.4, -0.2) is 21.2 Å². The smallest absolute Gasteiger partial charge is 0.413 e. The maximum absolute atomic E-state index is 11.7. The molecule has 0 spiro atoms. The first kappa shape index (κ1) is 15.4. The summed E-state index contributed by atoms with van der Waals surface area (Å²) in [4.78, 5) is 25.7. The van der Waals surface area contributed by atoms with Crippen molar-refractivity contribution in [3.05, 3.63) is 21.2 Å². The van der Waals surface area contributed by atoms with Crippen LogP contribution in [0, 0.1) is 4.77 Å². The Kier molecular flexibility index (Phi) is 4.52. The third kappa shape index (κ3) is 4.51. The van der Waals surface area contributed by atoms with Crippen LogP contribution in [0.3, 0.4) is 0 Å². The van der Waals surface area contributed by atoms with Crippen LogP contribution in [0.25, 0.3) is 0 Å². The summed E-state index contributed by atoms with van der Waals surface area (Å²) in [5.74, 6) is 0.318. The number of nitrogens with one attached hydrogen (secondary N) is 2. The Morgan fingerprint density at radius 1 is 1.47 bits per heavy atom. The molecule has 1 aromatic heterocycles. The van der Waals surface area contributed by atoms with E-state index < -0.39 is 11.7 Å². The van der Waals surface area contributed by atoms with E-state index in [0.717, 1.165) is 0 Å². The van der Waals surface area contributed by atoms with Crippen molar-refractivity contribution in [2.45, 2.75) is 46.3 Å². The largest absolute Gasteiger partial charge is 0.444 e. The van der Waals surface area contributed by atoms with Gasteiger partial charge in [0, 0.05) is 12.1 Å². The number of anilines is 1. The number of nitrogens with zero attached hydrogens (tertiary/aromatic N) is 1. The number of amides is 1. The van der Waals surface area contributed by atoms with Gasteiger partial charge >= 0.3 is 6.09 Å². The summed E-state index contributed by atoms with van der Waals surface area (Å²) in [5, 5.41) is 2.55. The molecule has 0 atom stereocenters. The van der Waals surface area contributed by atoms with E-state index in [2.05, 4.69) is 10.3 Å². The monoisotopic (exact) mass is 285 g/mol. The summed E-state index contributed by atoms with van der Waals surface area (Å²) < 4.78 is 7.04. The van der Waals surface area contributed by atoms with Gasteiger partial charge in [0.15, 0.2) is 4.77 Å². The maximum atomic E-state index is 11.7. The predicted octanol–water partition coefficient (Wildman–Crippen LogP) is 2.83. The van der Waals surface area contributed by atoms with E-state index in [-0.39, 0.29) is 16.4 Å². The van der Waals surface area contributed by atoms with Gasteiger partial charge in [-0.15, -0.1) is 0 Å². The molecule has 6 nitrogen and oxygen atoms in total. The van der Waals surface area contributed by atoms with Gasteiger partial charge in [-0.2, -0.15) is 0 Å². The summed E-state index contributed by atoms with van der Waals surface area (Å²) in [6.07, 6.45) is -0.623. The lowest BCUT2D eigenvalue weighted by Crippen LogP contribution is -2.29. The Morgan fingerprint density at radius 3 is 2.53 bits per heavy atom. The van der Waals surface area contributed by atoms with Gasteiger partial charge in [-0.3, -0.25) is 15.1 Å². The Bertz CT molecular complexity index is 581. The molecule has 2 N–H and O–H groups in total. The zero-order valence-corrected chi connectivity index (χ0v) is 12.6. The fraction of sp³-hybridized carbons (Fsp3) is 0.583. The van der Waals surface area contributed by atoms with E-state index in [0.29, 0.717) is 5.82 Å². The zero-order valence-electron chi connectivity index (χ0n) is 11.7. The van der Waals surface area contributed by atoms with Gasteiger partial charge in [-0.05, 0) is 46.8 Å². The Morgan fingerprint density at radius 2 is 2.05 bits per heavy atom. The van der Waals surface area contributed by atoms with Crippen LogP contribution < -0.4 is 10.9 Å². The molecule has 0 aliphatic heterocycles. The number of hydrogen-bond acceptors (Lipinski definition) is 4. The van der Waals surface area contributed by atoms with Crippen molar-refractivity contribution < 1.29 is 9.53 Å². The second kappa shape index (κ2) is 5.56. The van der Waals surface area contributed by atoms with Crippen molar-refractivity contribution in [3.63, 3.8) is 0 Å². The lowest BCUT2D eigenvalue weighted by atomic mass is 10.2. The van der Waals surface area contributed by atoms with E-state index in [1.165, 1.54) is 6.07 Å². The second-order valence-corrected chi connectivity index (χ2v) is 5.80. The summed E-state index contributed by atoms with van der Waals surface area (Å²) in [6.45, 7) is 9.08. The first-order valence-corrected chi connectivity index (χ1v) is 6.37. The number of aromatic amines is 1. The van der Waals surface area contributed by atoms with Crippen LogP contribution in [0.15, 0.2) is 10.9 Å². The third-order valence-electron chi connectivity index (χ3n) is 2.12. The van der Waals surface area contributed by atoms with Crippen LogP contribution in [0.4, 0.5) is 10.6 Å². The Balaban J connectivity index is 3.11. The molecule has 0 aliphatic rings. The molecule has 0 saturated carbocycles. The molecule has 106 valence electrons. The standard InChI is InChI=1S/C12H19N3O3S/c1-7(2)15-8(6-9(16)14-10(15)19)13-11(17)18-12(3,4)5/h6-7H,1-5H3,(H,13,17)(H,14,16,19). The number of carbonyl (C=O) groups excluding carboxylic acids is 1. The molecular weight excluding hydrogens is 266 g/mol. The average molecular weight is 285 g/mol. The highest BCUT2D eigenvalue weighted by atomic mass is 32.1. The quantitative estimate of drug-likeness (QED) is 0.819. The number of hydrogen-bond donors (Lipinski definition) is 2. The van der Waals surface area contributed by atoms with Gasteiger partial charge in [0.25, 0.3) is 5.56 Å². The molecule has 0 bridgehead atoms. The average Bonchev–Trinajstić information content (AvgIpc) is 2.10. The molecule has 0 radical (unpaired) electrons. The molecule has 0 fully saturated rings. The highest BCUT2D eigenvalue weighted by Crippen LogP contribution is 2.15. The first-order chi connectivity index (χ1) is 8.60. The van der Waals surface area contributed by atoms with Gasteiger partial charge in [-0.25, -0.2) is 4.79 Å². The minimum atomic E-state index is -0.623. The van der Waals surface area contributed by atoms with Crippen molar-refractivity contribution in [1.29, 1.82) is 0 Å². The van der Waals surface area contributed by atoms with Crippen LogP contribution in [0.2, 0.25) is 0 Å². The summed E-state index contributed by atoms with van der Waals surface area (Å²) in [6, 6.07) is 1.27. The van der Waals surface area contributed by atoms with E-state index in [1.54, 1.807) is 25.3 Å². The van der Waals surface area contributed by atoms with Crippen LogP contribution in [0.1, 0.15) is 40.7 Å². The van der Waals surface area contributed by atoms with Gasteiger partial charge in [0.1, 0.15) is 11.4 Å². The molecule has 19 heavy (non-hydrogen) atoms. The lowest BCUT2D eigenvalue weighted by molar-refractivity contribution is 0.0634. The second-order valence-electron chi connectivity index (χ2n) is 5.41. The van der Waals surface area contributed by atoms with E-state index in [4.69, 9.17) is 17.0 Å². The molecule has 0 aromatic carbocycles. The fourth-order valence-electron chi connectivity index (χ4n) is 1.52. The van der Waals surface area contributed by atoms with Crippen molar-refractivity contribution in [3.8, 4) is 0 Å². The van der Waals surface area contributed by atoms with Crippen LogP contribution in [0.5, 0.6) is 0 Å². The first-order valence-electron chi connectivity index (χ1n) is 5.96. The molecule has 0 aliphatic carbocycles. The molecular formula is C12H19N3O3S. The molecule has 1 aromatic rings. The highest BCUT2D eigenvalue weighted by Gasteiger charge is 2.18. The SMILES string of the molecule is CC(C)n1c(NC(=O)OC(C)(C)C)cc(=O)[nH]c1=S. The van der Waals surface area contributed by atoms with Gasteiger partial charge < -0.3 is 9.30 Å². The van der Waals surface area contributed by atoms with Gasteiger partial charge in [-0.1, -0.05) is 0 Å². The Labute approximate surface area is 116 Å². The minimum absolute atomic E-state index is 0.00529. The summed E-state index contributed by atoms with van der Waals surface area (Å²) in [5.41, 5.74) is -0.974. The minimum Gasteiger partial charge on any atom is -0.444 e. The van der Waals surface area contributed by atoms with Gasteiger partial charge in [0.05, 0.1) is 0 Å². The van der Waals surface area contributed by atoms with Gasteiger partial charge in [0.2, 0.25) is 0 Å². The molecule has 0 saturated heterocycles. The Hall–Kier alpha value is -1.63. The van der Waals surface area contributed by atoms with E-state index >= 15 is 0 Å². The molecule has 1 amide bonds. The number of aromatic nitrogens is 2. The van der Waals surface area contributed by atoms with Crippen molar-refractivity contribution in [1.82, 2.24) is 9.55 Å². The topological polar surface area (TPSA) is 76.1 Å². The summed E-state index contributed by atoms with van der Waals surface area (Å²) >= 11 is 5.08. The van der Waals surface area contributed by atoms with E-state index in [9.17, 15) is 9.59 Å². The molecule has 1 rings (SSSR count). The highest BCUT2D eigenvalue weighted by molar-refractivity contribution is 7.71. The number of carbonyl (C=O) groups is 1. The molecule has 7 heteroatoms. The lowest BCUT2D eigenvalue weighted by Gasteiger charge is -2.21. The van der Waals surface area contributed by atoms with Crippen molar-refractivity contribution >= 4 is 24.1 Å². The number of H-pyrrole nitrogens is 1. The molecule has 0 unspecified atom stereocenters. The maximum Gasteiger partial charge on any atom is 0.413 e. The third-order valence-corrected chi connectivity index (χ3v) is 2.42. The van der Waals surface area contributed by atoms with Crippen LogP contribution in [-0.2, 0) is 4.74 Å². The van der Waals surface area contributed by atoms with Crippen LogP contribution >= 0.6 is 12.2 Å². The predicted molar refractivity (Wildman–Crippen MR) is 76.1 cm³/mol. The van der Waals surface area contributed by atoms with E-state index in [1.807, 2.05) is 13.8 Å². The number of rotatable bonds is 2. The van der Waals surface area contributed by atoms with Crippen molar-refractivity contribution in [2.24, 2.45) is 0 Å². The summed E-state index contributed by atoms with van der Waals surface area (Å²) in [7, 11) is 0.